The number of carbonyl (C=O) groups is 3. The fourth-order valence-electron chi connectivity index (χ4n) is 2.77. The van der Waals surface area contributed by atoms with E-state index in [1.807, 2.05) is 6.92 Å². The number of carboxylic acid groups (broad SMARTS) is 1. The van der Waals surface area contributed by atoms with Gasteiger partial charge in [0, 0.05) is 17.2 Å². The summed E-state index contributed by atoms with van der Waals surface area (Å²) in [4.78, 5) is 35.8. The first kappa shape index (κ1) is 17.7. The lowest BCUT2D eigenvalue weighted by Gasteiger charge is -2.15. The highest BCUT2D eigenvalue weighted by Gasteiger charge is 2.39. The number of rotatable bonds is 6. The quantitative estimate of drug-likeness (QED) is 0.745. The second-order valence-corrected chi connectivity index (χ2v) is 6.54. The van der Waals surface area contributed by atoms with Crippen molar-refractivity contribution in [2.45, 2.75) is 19.4 Å². The Morgan fingerprint density at radius 1 is 1.04 bits per heavy atom. The maximum absolute atomic E-state index is 12.4. The average Bonchev–Trinajstić information content (AvgIpc) is 3.37. The van der Waals surface area contributed by atoms with Gasteiger partial charge in [-0.2, -0.15) is 0 Å². The number of carbonyl (C=O) groups excluding carboxylic acids is 2. The van der Waals surface area contributed by atoms with E-state index in [4.69, 9.17) is 0 Å². The molecule has 3 atom stereocenters. The van der Waals surface area contributed by atoms with Crippen LogP contribution in [-0.4, -0.2) is 22.9 Å². The monoisotopic (exact) mass is 352 g/mol. The second kappa shape index (κ2) is 7.39. The lowest BCUT2D eigenvalue weighted by Crippen LogP contribution is -2.33. The van der Waals surface area contributed by atoms with E-state index in [-0.39, 0.29) is 11.8 Å². The molecule has 0 bridgehead atoms. The van der Waals surface area contributed by atoms with Gasteiger partial charge in [0.05, 0.1) is 0 Å². The summed E-state index contributed by atoms with van der Waals surface area (Å²) < 4.78 is 0. The molecule has 0 aromatic heterocycles. The first-order chi connectivity index (χ1) is 12.5. The van der Waals surface area contributed by atoms with Crippen LogP contribution in [0.15, 0.2) is 54.6 Å². The van der Waals surface area contributed by atoms with E-state index >= 15 is 0 Å². The normalized spacial score (nSPS) is 19.3. The minimum atomic E-state index is -1.13. The van der Waals surface area contributed by atoms with Crippen molar-refractivity contribution in [3.63, 3.8) is 0 Å². The van der Waals surface area contributed by atoms with Gasteiger partial charge in [0.15, 0.2) is 6.04 Å². The Labute approximate surface area is 151 Å². The molecule has 134 valence electrons. The molecule has 2 aromatic carbocycles. The molecule has 2 amide bonds. The van der Waals surface area contributed by atoms with E-state index in [2.05, 4.69) is 10.6 Å². The molecule has 2 unspecified atom stereocenters. The average molecular weight is 352 g/mol. The molecule has 0 saturated heterocycles. The largest absolute Gasteiger partial charge is 0.479 e. The molecule has 2 aromatic rings. The smallest absolute Gasteiger partial charge is 0.330 e. The Balaban J connectivity index is 1.65. The summed E-state index contributed by atoms with van der Waals surface area (Å²) in [5, 5.41) is 14.7. The first-order valence-corrected chi connectivity index (χ1v) is 8.45. The minimum Gasteiger partial charge on any atom is -0.479 e. The summed E-state index contributed by atoms with van der Waals surface area (Å²) in [6, 6.07) is 13.8. The van der Waals surface area contributed by atoms with Crippen molar-refractivity contribution in [3.05, 3.63) is 65.7 Å². The molecule has 6 heteroatoms. The standard InChI is InChI=1S/C20H20N2O4/c1-12-11-16(12)19(24)21-15-9-7-14(8-10-15)18(23)22-17(20(25)26)13-5-3-2-4-6-13/h2-10,12,16-17H,11H2,1H3,(H,21,24)(H,22,23)(H,25,26)/t12?,16?,17-/m1/s1. The van der Waals surface area contributed by atoms with Crippen LogP contribution in [0.1, 0.15) is 35.3 Å². The van der Waals surface area contributed by atoms with Crippen LogP contribution in [0.5, 0.6) is 0 Å². The van der Waals surface area contributed by atoms with Crippen LogP contribution in [0.2, 0.25) is 0 Å². The van der Waals surface area contributed by atoms with E-state index in [1.165, 1.54) is 0 Å². The number of carboxylic acids is 1. The van der Waals surface area contributed by atoms with Crippen LogP contribution >= 0.6 is 0 Å². The summed E-state index contributed by atoms with van der Waals surface area (Å²) in [6.07, 6.45) is 0.905. The van der Waals surface area contributed by atoms with Gasteiger partial charge in [-0.3, -0.25) is 9.59 Å². The van der Waals surface area contributed by atoms with E-state index in [0.29, 0.717) is 22.7 Å². The zero-order chi connectivity index (χ0) is 18.7. The number of benzene rings is 2. The topological polar surface area (TPSA) is 95.5 Å². The number of hydrogen-bond donors (Lipinski definition) is 3. The molecule has 3 rings (SSSR count). The molecule has 1 fully saturated rings. The van der Waals surface area contributed by atoms with Crippen molar-refractivity contribution in [3.8, 4) is 0 Å². The Kier molecular flexibility index (Phi) is 5.02. The molecule has 26 heavy (non-hydrogen) atoms. The van der Waals surface area contributed by atoms with Gasteiger partial charge >= 0.3 is 5.97 Å². The molecule has 0 heterocycles. The van der Waals surface area contributed by atoms with Crippen molar-refractivity contribution in [2.75, 3.05) is 5.32 Å². The van der Waals surface area contributed by atoms with Crippen LogP contribution in [0, 0.1) is 11.8 Å². The van der Waals surface area contributed by atoms with E-state index in [1.54, 1.807) is 54.6 Å². The highest BCUT2D eigenvalue weighted by Crippen LogP contribution is 2.38. The lowest BCUT2D eigenvalue weighted by atomic mass is 10.1. The van der Waals surface area contributed by atoms with Crippen LogP contribution in [0.4, 0.5) is 5.69 Å². The molecule has 1 aliphatic rings. The van der Waals surface area contributed by atoms with Gasteiger partial charge in [0.1, 0.15) is 0 Å². The van der Waals surface area contributed by atoms with Crippen molar-refractivity contribution in [1.82, 2.24) is 5.32 Å². The third kappa shape index (κ3) is 4.08. The third-order valence-corrected chi connectivity index (χ3v) is 4.52. The maximum atomic E-state index is 12.4. The van der Waals surface area contributed by atoms with Crippen molar-refractivity contribution in [1.29, 1.82) is 0 Å². The van der Waals surface area contributed by atoms with Crippen molar-refractivity contribution in [2.24, 2.45) is 11.8 Å². The summed E-state index contributed by atoms with van der Waals surface area (Å²) in [5.74, 6) is -1.14. The van der Waals surface area contributed by atoms with Gasteiger partial charge in [-0.25, -0.2) is 4.79 Å². The summed E-state index contributed by atoms with van der Waals surface area (Å²) >= 11 is 0. The molecule has 0 aliphatic heterocycles. The first-order valence-electron chi connectivity index (χ1n) is 8.45. The molecule has 1 saturated carbocycles. The summed E-state index contributed by atoms with van der Waals surface area (Å²) in [7, 11) is 0. The van der Waals surface area contributed by atoms with Gasteiger partial charge in [-0.05, 0) is 42.2 Å². The maximum Gasteiger partial charge on any atom is 0.330 e. The van der Waals surface area contributed by atoms with Crippen molar-refractivity contribution < 1.29 is 19.5 Å². The summed E-state index contributed by atoms with van der Waals surface area (Å²) in [5.41, 5.74) is 1.43. The number of aliphatic carboxylic acids is 1. The number of hydrogen-bond acceptors (Lipinski definition) is 3. The highest BCUT2D eigenvalue weighted by molar-refractivity contribution is 5.98. The Hall–Kier alpha value is -3.15. The highest BCUT2D eigenvalue weighted by atomic mass is 16.4. The van der Waals surface area contributed by atoms with Crippen LogP contribution in [0.3, 0.4) is 0 Å². The minimum absolute atomic E-state index is 0.00952. The number of nitrogens with one attached hydrogen (secondary N) is 2. The Bertz CT molecular complexity index is 817. The van der Waals surface area contributed by atoms with Crippen LogP contribution < -0.4 is 10.6 Å². The van der Waals surface area contributed by atoms with E-state index in [9.17, 15) is 19.5 Å². The zero-order valence-electron chi connectivity index (χ0n) is 14.3. The summed E-state index contributed by atoms with van der Waals surface area (Å²) in [6.45, 7) is 2.03. The van der Waals surface area contributed by atoms with Gasteiger partial charge in [0.25, 0.3) is 5.91 Å². The molecule has 3 N–H and O–H groups in total. The predicted molar refractivity (Wildman–Crippen MR) is 96.6 cm³/mol. The van der Waals surface area contributed by atoms with Gasteiger partial charge < -0.3 is 15.7 Å². The fraction of sp³-hybridized carbons (Fsp3) is 0.250. The molecule has 6 nitrogen and oxygen atoms in total. The molecule has 0 radical (unpaired) electrons. The number of amides is 2. The second-order valence-electron chi connectivity index (χ2n) is 6.54. The molecular weight excluding hydrogens is 332 g/mol. The van der Waals surface area contributed by atoms with Crippen molar-refractivity contribution >= 4 is 23.5 Å². The van der Waals surface area contributed by atoms with E-state index < -0.39 is 17.9 Å². The fourth-order valence-corrected chi connectivity index (χ4v) is 2.77. The Morgan fingerprint density at radius 2 is 1.65 bits per heavy atom. The van der Waals surface area contributed by atoms with E-state index in [0.717, 1.165) is 6.42 Å². The predicted octanol–water partition coefficient (Wildman–Crippen LogP) is 2.84. The van der Waals surface area contributed by atoms with Gasteiger partial charge in [-0.15, -0.1) is 0 Å². The van der Waals surface area contributed by atoms with Gasteiger partial charge in [0.2, 0.25) is 5.91 Å². The third-order valence-electron chi connectivity index (χ3n) is 4.52. The van der Waals surface area contributed by atoms with Crippen LogP contribution in [0.25, 0.3) is 0 Å². The molecule has 1 aliphatic carbocycles. The molecule has 0 spiro atoms. The lowest BCUT2D eigenvalue weighted by molar-refractivity contribution is -0.139. The number of anilines is 1. The Morgan fingerprint density at radius 3 is 2.19 bits per heavy atom. The molecular formula is C20H20N2O4. The zero-order valence-corrected chi connectivity index (χ0v) is 14.3. The SMILES string of the molecule is CC1CC1C(=O)Nc1ccc(C(=O)N[C@@H](C(=O)O)c2ccccc2)cc1. The van der Waals surface area contributed by atoms with Gasteiger partial charge in [-0.1, -0.05) is 37.3 Å². The van der Waals surface area contributed by atoms with Crippen LogP contribution in [-0.2, 0) is 9.59 Å².